The van der Waals surface area contributed by atoms with E-state index in [0.717, 1.165) is 14.9 Å². The largest absolute Gasteiger partial charge is 0.467 e. The summed E-state index contributed by atoms with van der Waals surface area (Å²) in [6, 6.07) is 17.2. The summed E-state index contributed by atoms with van der Waals surface area (Å²) in [7, 11) is 1.36. The Hall–Kier alpha value is -1.30. The zero-order valence-electron chi connectivity index (χ0n) is 11.6. The normalized spacial score (nSPS) is 13.5. The Balaban J connectivity index is 2.21. The number of hydrogen-bond donors (Lipinski definition) is 1. The molecule has 0 amide bonds. The maximum atomic E-state index is 12.1. The second-order valence-electron chi connectivity index (χ2n) is 4.57. The molecule has 1 atom stereocenters. The Kier molecular flexibility index (Phi) is 5.45. The van der Waals surface area contributed by atoms with Crippen LogP contribution in [0.4, 0.5) is 0 Å². The number of hydrogen-bond acceptors (Lipinski definition) is 4. The van der Waals surface area contributed by atoms with Gasteiger partial charge in [0.2, 0.25) is 0 Å². The van der Waals surface area contributed by atoms with Gasteiger partial charge in [0, 0.05) is 15.1 Å². The molecule has 0 fully saturated rings. The Morgan fingerprint density at radius 3 is 2.38 bits per heavy atom. The van der Waals surface area contributed by atoms with E-state index in [-0.39, 0.29) is 0 Å². The summed E-state index contributed by atoms with van der Waals surface area (Å²) >= 11 is 4.93. The van der Waals surface area contributed by atoms with E-state index in [1.165, 1.54) is 18.9 Å². The number of esters is 1. The van der Waals surface area contributed by atoms with Gasteiger partial charge in [0.05, 0.1) is 7.11 Å². The van der Waals surface area contributed by atoms with Crippen molar-refractivity contribution in [3.05, 3.63) is 64.6 Å². The zero-order valence-corrected chi connectivity index (χ0v) is 14.0. The quantitative estimate of drug-likeness (QED) is 0.649. The summed E-state index contributed by atoms with van der Waals surface area (Å²) in [6.45, 7) is 0. The first-order valence-electron chi connectivity index (χ1n) is 6.37. The van der Waals surface area contributed by atoms with Gasteiger partial charge in [0.15, 0.2) is 0 Å². The lowest BCUT2D eigenvalue weighted by Crippen LogP contribution is -2.48. The number of carbonyl (C=O) groups excluding carboxylic acids is 1. The van der Waals surface area contributed by atoms with E-state index in [4.69, 9.17) is 10.5 Å². The molecular weight excluding hydrogens is 350 g/mol. The topological polar surface area (TPSA) is 52.3 Å². The fourth-order valence-electron chi connectivity index (χ4n) is 1.91. The number of ether oxygens (including phenoxy) is 1. The van der Waals surface area contributed by atoms with E-state index in [2.05, 4.69) is 15.9 Å². The summed E-state index contributed by atoms with van der Waals surface area (Å²) in [4.78, 5) is 13.2. The van der Waals surface area contributed by atoms with E-state index < -0.39 is 11.5 Å². The molecule has 0 radical (unpaired) electrons. The molecule has 0 heterocycles. The highest BCUT2D eigenvalue weighted by atomic mass is 79.9. The SMILES string of the molecule is COC(=O)C(N)(CSc1ccc(Br)cc1)c1ccccc1. The van der Waals surface area contributed by atoms with Crippen LogP contribution in [0.5, 0.6) is 0 Å². The lowest BCUT2D eigenvalue weighted by atomic mass is 9.93. The van der Waals surface area contributed by atoms with E-state index >= 15 is 0 Å². The van der Waals surface area contributed by atoms with E-state index in [0.29, 0.717) is 5.75 Å². The zero-order chi connectivity index (χ0) is 15.3. The standard InChI is InChI=1S/C16H16BrNO2S/c1-20-15(19)16(18,12-5-3-2-4-6-12)11-21-14-9-7-13(17)8-10-14/h2-10H,11,18H2,1H3. The van der Waals surface area contributed by atoms with Crippen molar-refractivity contribution < 1.29 is 9.53 Å². The van der Waals surface area contributed by atoms with Gasteiger partial charge in [-0.15, -0.1) is 11.8 Å². The maximum absolute atomic E-state index is 12.1. The predicted molar refractivity (Wildman–Crippen MR) is 89.2 cm³/mol. The second-order valence-corrected chi connectivity index (χ2v) is 6.54. The predicted octanol–water partition coefficient (Wildman–Crippen LogP) is 3.57. The molecule has 110 valence electrons. The fourth-order valence-corrected chi connectivity index (χ4v) is 3.18. The molecule has 1 unspecified atom stereocenters. The van der Waals surface area contributed by atoms with Gasteiger partial charge in [-0.2, -0.15) is 0 Å². The lowest BCUT2D eigenvalue weighted by molar-refractivity contribution is -0.146. The number of benzene rings is 2. The molecule has 2 rings (SSSR count). The van der Waals surface area contributed by atoms with E-state index in [9.17, 15) is 4.79 Å². The molecule has 21 heavy (non-hydrogen) atoms. The number of carbonyl (C=O) groups is 1. The molecule has 0 aliphatic carbocycles. The molecule has 2 N–H and O–H groups in total. The minimum atomic E-state index is -1.16. The van der Waals surface area contributed by atoms with Crippen molar-refractivity contribution >= 4 is 33.7 Å². The summed E-state index contributed by atoms with van der Waals surface area (Å²) in [5.41, 5.74) is 5.94. The van der Waals surface area contributed by atoms with Crippen molar-refractivity contribution in [2.75, 3.05) is 12.9 Å². The van der Waals surface area contributed by atoms with Crippen molar-refractivity contribution in [3.8, 4) is 0 Å². The highest BCUT2D eigenvalue weighted by Gasteiger charge is 2.37. The van der Waals surface area contributed by atoms with Crippen molar-refractivity contribution in [3.63, 3.8) is 0 Å². The third kappa shape index (κ3) is 3.87. The Bertz CT molecular complexity index is 603. The summed E-state index contributed by atoms with van der Waals surface area (Å²) < 4.78 is 5.91. The van der Waals surface area contributed by atoms with Crippen molar-refractivity contribution in [2.45, 2.75) is 10.4 Å². The molecular formula is C16H16BrNO2S. The lowest BCUT2D eigenvalue weighted by Gasteiger charge is -2.26. The molecule has 0 aliphatic rings. The van der Waals surface area contributed by atoms with Crippen LogP contribution in [0.2, 0.25) is 0 Å². The van der Waals surface area contributed by atoms with Gasteiger partial charge < -0.3 is 10.5 Å². The van der Waals surface area contributed by atoms with Crippen LogP contribution < -0.4 is 5.73 Å². The smallest absolute Gasteiger partial charge is 0.331 e. The van der Waals surface area contributed by atoms with Crippen LogP contribution >= 0.6 is 27.7 Å². The molecule has 0 aliphatic heterocycles. The van der Waals surface area contributed by atoms with Crippen LogP contribution in [0.25, 0.3) is 0 Å². The van der Waals surface area contributed by atoms with Crippen LogP contribution in [-0.2, 0) is 15.1 Å². The average molecular weight is 366 g/mol. The Morgan fingerprint density at radius 1 is 1.19 bits per heavy atom. The van der Waals surface area contributed by atoms with Gasteiger partial charge in [0.25, 0.3) is 0 Å². The number of halogens is 1. The van der Waals surface area contributed by atoms with Gasteiger partial charge in [0.1, 0.15) is 5.54 Å². The second kappa shape index (κ2) is 7.11. The third-order valence-electron chi connectivity index (χ3n) is 3.12. The average Bonchev–Trinajstić information content (AvgIpc) is 2.54. The van der Waals surface area contributed by atoms with Gasteiger partial charge in [-0.05, 0) is 29.8 Å². The molecule has 3 nitrogen and oxygen atoms in total. The van der Waals surface area contributed by atoms with Crippen molar-refractivity contribution in [2.24, 2.45) is 5.73 Å². The highest BCUT2D eigenvalue weighted by Crippen LogP contribution is 2.29. The van der Waals surface area contributed by atoms with Crippen LogP contribution in [0.1, 0.15) is 5.56 Å². The van der Waals surface area contributed by atoms with Gasteiger partial charge in [-0.1, -0.05) is 46.3 Å². The first kappa shape index (κ1) is 16.1. The molecule has 2 aromatic carbocycles. The number of thioether (sulfide) groups is 1. The van der Waals surface area contributed by atoms with Crippen LogP contribution in [0.3, 0.4) is 0 Å². The summed E-state index contributed by atoms with van der Waals surface area (Å²) in [5, 5.41) is 0. The molecule has 2 aromatic rings. The van der Waals surface area contributed by atoms with E-state index in [1.807, 2.05) is 54.6 Å². The maximum Gasteiger partial charge on any atom is 0.331 e. The minimum absolute atomic E-state index is 0.408. The van der Waals surface area contributed by atoms with Crippen LogP contribution in [-0.4, -0.2) is 18.8 Å². The monoisotopic (exact) mass is 365 g/mol. The van der Waals surface area contributed by atoms with Crippen LogP contribution in [0, 0.1) is 0 Å². The molecule has 0 saturated carbocycles. The summed E-state index contributed by atoms with van der Waals surface area (Å²) in [6.07, 6.45) is 0. The van der Waals surface area contributed by atoms with Crippen LogP contribution in [0.15, 0.2) is 64.0 Å². The number of methoxy groups -OCH3 is 1. The molecule has 5 heteroatoms. The van der Waals surface area contributed by atoms with Gasteiger partial charge >= 0.3 is 5.97 Å². The summed E-state index contributed by atoms with van der Waals surface area (Å²) in [5.74, 6) is -0.0241. The van der Waals surface area contributed by atoms with Gasteiger partial charge in [-0.25, -0.2) is 4.79 Å². The first-order valence-corrected chi connectivity index (χ1v) is 8.15. The molecule has 0 aromatic heterocycles. The van der Waals surface area contributed by atoms with E-state index in [1.54, 1.807) is 0 Å². The highest BCUT2D eigenvalue weighted by molar-refractivity contribution is 9.10. The first-order chi connectivity index (χ1) is 10.1. The van der Waals surface area contributed by atoms with Gasteiger partial charge in [-0.3, -0.25) is 0 Å². The van der Waals surface area contributed by atoms with Crippen molar-refractivity contribution in [1.29, 1.82) is 0 Å². The third-order valence-corrected chi connectivity index (χ3v) is 4.85. The van der Waals surface area contributed by atoms with Crippen molar-refractivity contribution in [1.82, 2.24) is 0 Å². The Labute approximate surface area is 137 Å². The number of rotatable bonds is 5. The molecule has 0 saturated heterocycles. The molecule has 0 bridgehead atoms. The Morgan fingerprint density at radius 2 is 1.81 bits per heavy atom. The molecule has 0 spiro atoms. The fraction of sp³-hybridized carbons (Fsp3) is 0.188. The minimum Gasteiger partial charge on any atom is -0.467 e. The number of nitrogens with two attached hydrogens (primary N) is 1.